The lowest BCUT2D eigenvalue weighted by molar-refractivity contribution is 0.311. The normalized spacial score (nSPS) is 12.0. The molecule has 96 valence electrons. The molecule has 0 amide bonds. The van der Waals surface area contributed by atoms with Crippen molar-refractivity contribution in [2.75, 3.05) is 25.6 Å². The van der Waals surface area contributed by atoms with Crippen molar-refractivity contribution in [3.05, 3.63) is 18.2 Å². The number of rotatable bonds is 7. The van der Waals surface area contributed by atoms with Crippen LogP contribution in [-0.2, 0) is 0 Å². The lowest BCUT2D eigenvalue weighted by Crippen LogP contribution is -2.10. The number of hydrogen-bond donors (Lipinski definition) is 1. The van der Waals surface area contributed by atoms with Crippen molar-refractivity contribution in [2.24, 2.45) is 5.92 Å². The number of ether oxygens (including phenoxy) is 2. The Bertz CT molecular complexity index is 339. The van der Waals surface area contributed by atoms with Crippen LogP contribution in [0.25, 0.3) is 0 Å². The summed E-state index contributed by atoms with van der Waals surface area (Å²) in [5.74, 6) is 2.25. The Morgan fingerprint density at radius 3 is 2.59 bits per heavy atom. The Morgan fingerprint density at radius 1 is 1.24 bits per heavy atom. The molecule has 0 aliphatic carbocycles. The third-order valence-corrected chi connectivity index (χ3v) is 2.82. The monoisotopic (exact) mass is 237 g/mol. The summed E-state index contributed by atoms with van der Waals surface area (Å²) in [7, 11) is 1.66. The second-order valence-electron chi connectivity index (χ2n) is 4.19. The third kappa shape index (κ3) is 4.17. The Labute approximate surface area is 104 Å². The van der Waals surface area contributed by atoms with Crippen LogP contribution in [0.5, 0.6) is 11.5 Å². The lowest BCUT2D eigenvalue weighted by atomic mass is 10.1. The highest BCUT2D eigenvalue weighted by molar-refractivity contribution is 5.54. The van der Waals surface area contributed by atoms with E-state index in [1.807, 2.05) is 25.1 Å². The van der Waals surface area contributed by atoms with Gasteiger partial charge in [-0.1, -0.05) is 20.3 Å². The second-order valence-corrected chi connectivity index (χ2v) is 4.19. The zero-order valence-corrected chi connectivity index (χ0v) is 11.2. The third-order valence-electron chi connectivity index (χ3n) is 2.82. The van der Waals surface area contributed by atoms with Crippen LogP contribution in [0, 0.1) is 5.92 Å². The fourth-order valence-electron chi connectivity index (χ4n) is 1.49. The van der Waals surface area contributed by atoms with E-state index in [0.717, 1.165) is 23.7 Å². The topological polar surface area (TPSA) is 30.5 Å². The van der Waals surface area contributed by atoms with Gasteiger partial charge in [-0.3, -0.25) is 0 Å². The van der Waals surface area contributed by atoms with Gasteiger partial charge in [0.2, 0.25) is 0 Å². The minimum absolute atomic E-state index is 0.644. The minimum Gasteiger partial charge on any atom is -0.493 e. The van der Waals surface area contributed by atoms with Crippen LogP contribution in [0.4, 0.5) is 5.69 Å². The fraction of sp³-hybridized carbons (Fsp3) is 0.571. The fourth-order valence-corrected chi connectivity index (χ4v) is 1.49. The van der Waals surface area contributed by atoms with Gasteiger partial charge in [0, 0.05) is 18.3 Å². The summed E-state index contributed by atoms with van der Waals surface area (Å²) in [6.45, 7) is 8.03. The van der Waals surface area contributed by atoms with Gasteiger partial charge in [-0.2, -0.15) is 0 Å². The lowest BCUT2D eigenvalue weighted by Gasteiger charge is -2.14. The van der Waals surface area contributed by atoms with E-state index in [9.17, 15) is 0 Å². The predicted molar refractivity (Wildman–Crippen MR) is 72.1 cm³/mol. The molecule has 0 fully saturated rings. The number of benzene rings is 1. The molecular formula is C14H23NO2. The van der Waals surface area contributed by atoms with Crippen molar-refractivity contribution in [2.45, 2.75) is 27.2 Å². The molecule has 3 heteroatoms. The molecule has 1 aromatic rings. The Morgan fingerprint density at radius 2 is 2.00 bits per heavy atom. The largest absolute Gasteiger partial charge is 0.493 e. The molecule has 1 aromatic carbocycles. The maximum Gasteiger partial charge on any atom is 0.163 e. The van der Waals surface area contributed by atoms with Crippen LogP contribution in [0.15, 0.2) is 18.2 Å². The number of anilines is 1. The average Bonchev–Trinajstić information content (AvgIpc) is 2.36. The van der Waals surface area contributed by atoms with Crippen LogP contribution in [0.2, 0.25) is 0 Å². The first-order valence-corrected chi connectivity index (χ1v) is 6.25. The maximum atomic E-state index is 5.54. The van der Waals surface area contributed by atoms with Crippen molar-refractivity contribution in [3.8, 4) is 11.5 Å². The van der Waals surface area contributed by atoms with Crippen molar-refractivity contribution in [1.29, 1.82) is 0 Å². The first-order valence-electron chi connectivity index (χ1n) is 6.25. The van der Waals surface area contributed by atoms with Gasteiger partial charge in [0.25, 0.3) is 0 Å². The Balaban J connectivity index is 2.70. The number of methoxy groups -OCH3 is 1. The summed E-state index contributed by atoms with van der Waals surface area (Å²) in [5, 5.41) is 3.41. The Hall–Kier alpha value is -1.38. The van der Waals surface area contributed by atoms with Crippen LogP contribution in [0.1, 0.15) is 27.2 Å². The van der Waals surface area contributed by atoms with Crippen molar-refractivity contribution >= 4 is 5.69 Å². The molecule has 0 saturated carbocycles. The van der Waals surface area contributed by atoms with Crippen molar-refractivity contribution in [3.63, 3.8) is 0 Å². The summed E-state index contributed by atoms with van der Waals surface area (Å²) in [4.78, 5) is 0. The molecule has 0 saturated heterocycles. The molecule has 1 N–H and O–H groups in total. The molecule has 0 aliphatic rings. The number of hydrogen-bond acceptors (Lipinski definition) is 3. The minimum atomic E-state index is 0.644. The first-order chi connectivity index (χ1) is 8.21. The molecule has 17 heavy (non-hydrogen) atoms. The Kier molecular flexibility index (Phi) is 5.67. The van der Waals surface area contributed by atoms with E-state index < -0.39 is 0 Å². The predicted octanol–water partition coefficient (Wildman–Crippen LogP) is 3.55. The molecule has 1 rings (SSSR count). The molecule has 1 unspecified atom stereocenters. The highest BCUT2D eigenvalue weighted by atomic mass is 16.5. The van der Waals surface area contributed by atoms with E-state index in [-0.39, 0.29) is 0 Å². The van der Waals surface area contributed by atoms with E-state index in [4.69, 9.17) is 9.47 Å². The van der Waals surface area contributed by atoms with Crippen molar-refractivity contribution in [1.82, 2.24) is 0 Å². The van der Waals surface area contributed by atoms with Gasteiger partial charge < -0.3 is 14.8 Å². The average molecular weight is 237 g/mol. The zero-order chi connectivity index (χ0) is 12.7. The molecule has 0 bridgehead atoms. The quantitative estimate of drug-likeness (QED) is 0.786. The summed E-state index contributed by atoms with van der Waals surface area (Å²) >= 11 is 0. The van der Waals surface area contributed by atoms with Crippen LogP contribution >= 0.6 is 0 Å². The van der Waals surface area contributed by atoms with Gasteiger partial charge >= 0.3 is 0 Å². The highest BCUT2D eigenvalue weighted by Gasteiger charge is 2.05. The molecule has 1 atom stereocenters. The molecule has 0 aromatic heterocycles. The standard InChI is InChI=1S/C14H23NO2/c1-5-11(3)10-15-12-7-8-13(16-4)14(9-12)17-6-2/h7-9,11,15H,5-6,10H2,1-4H3. The summed E-state index contributed by atoms with van der Waals surface area (Å²) in [6, 6.07) is 5.94. The van der Waals surface area contributed by atoms with Gasteiger partial charge in [0.05, 0.1) is 13.7 Å². The zero-order valence-electron chi connectivity index (χ0n) is 11.2. The summed E-state index contributed by atoms with van der Waals surface area (Å²) in [5.41, 5.74) is 1.08. The molecule has 0 heterocycles. The van der Waals surface area contributed by atoms with E-state index in [0.29, 0.717) is 12.5 Å². The maximum absolute atomic E-state index is 5.54. The second kappa shape index (κ2) is 7.05. The van der Waals surface area contributed by atoms with Crippen LogP contribution < -0.4 is 14.8 Å². The van der Waals surface area contributed by atoms with Crippen molar-refractivity contribution < 1.29 is 9.47 Å². The van der Waals surface area contributed by atoms with Gasteiger partial charge in [0.1, 0.15) is 0 Å². The summed E-state index contributed by atoms with van der Waals surface area (Å²) in [6.07, 6.45) is 1.18. The van der Waals surface area contributed by atoms with Gasteiger partial charge in [-0.15, -0.1) is 0 Å². The van der Waals surface area contributed by atoms with E-state index in [1.165, 1.54) is 6.42 Å². The summed E-state index contributed by atoms with van der Waals surface area (Å²) < 4.78 is 10.8. The SMILES string of the molecule is CCOc1cc(NCC(C)CC)ccc1OC. The first kappa shape index (κ1) is 13.7. The van der Waals surface area contributed by atoms with E-state index in [2.05, 4.69) is 19.2 Å². The van der Waals surface area contributed by atoms with E-state index in [1.54, 1.807) is 7.11 Å². The van der Waals surface area contributed by atoms with Crippen LogP contribution in [-0.4, -0.2) is 20.3 Å². The van der Waals surface area contributed by atoms with Crippen LogP contribution in [0.3, 0.4) is 0 Å². The molecule has 0 spiro atoms. The smallest absolute Gasteiger partial charge is 0.163 e. The molecule has 0 aliphatic heterocycles. The van der Waals surface area contributed by atoms with E-state index >= 15 is 0 Å². The number of nitrogens with one attached hydrogen (secondary N) is 1. The van der Waals surface area contributed by atoms with Gasteiger partial charge in [-0.25, -0.2) is 0 Å². The molecular weight excluding hydrogens is 214 g/mol. The van der Waals surface area contributed by atoms with Gasteiger partial charge in [0.15, 0.2) is 11.5 Å². The molecule has 3 nitrogen and oxygen atoms in total. The molecule has 0 radical (unpaired) electrons. The van der Waals surface area contributed by atoms with Gasteiger partial charge in [-0.05, 0) is 25.0 Å². The highest BCUT2D eigenvalue weighted by Crippen LogP contribution is 2.30.